The quantitative estimate of drug-likeness (QED) is 0.0479. The van der Waals surface area contributed by atoms with Crippen molar-refractivity contribution in [3.05, 3.63) is 45.3 Å². The van der Waals surface area contributed by atoms with Crippen LogP contribution in [0.2, 0.25) is 0 Å². The van der Waals surface area contributed by atoms with Gasteiger partial charge in [-0.25, -0.2) is 4.79 Å². The fourth-order valence-electron chi connectivity index (χ4n) is 7.45. The third-order valence-electron chi connectivity index (χ3n) is 10.7. The minimum Gasteiger partial charge on any atom is -0.394 e. The molecule has 3 saturated heterocycles. The monoisotopic (exact) mass is 830 g/mol. The lowest BCUT2D eigenvalue weighted by molar-refractivity contribution is -0.346. The Kier molecular flexibility index (Phi) is 18.4. The topological polar surface area (TPSA) is 312 Å². The van der Waals surface area contributed by atoms with E-state index in [4.69, 9.17) is 18.9 Å². The molecule has 58 heavy (non-hydrogen) atoms. The van der Waals surface area contributed by atoms with Crippen molar-refractivity contribution in [2.75, 3.05) is 6.61 Å². The zero-order chi connectivity index (χ0) is 42.7. The maximum absolute atomic E-state index is 13.1. The summed E-state index contributed by atoms with van der Waals surface area (Å²) in [6.45, 7) is 4.78. The van der Waals surface area contributed by atoms with Crippen molar-refractivity contribution in [2.45, 2.75) is 177 Å². The van der Waals surface area contributed by atoms with E-state index in [2.05, 4.69) is 24.5 Å². The van der Waals surface area contributed by atoms with Crippen molar-refractivity contribution in [1.82, 2.24) is 20.2 Å². The molecule has 1 aromatic rings. The number of rotatable bonds is 20. The number of nitrogens with zero attached hydrogens (tertiary/aromatic N) is 1. The number of allylic oxidation sites excluding steroid dienone is 1. The van der Waals surface area contributed by atoms with Gasteiger partial charge in [-0.1, -0.05) is 64.9 Å². The lowest BCUT2D eigenvalue weighted by Crippen LogP contribution is -2.68. The van der Waals surface area contributed by atoms with Crippen LogP contribution in [-0.4, -0.2) is 155 Å². The van der Waals surface area contributed by atoms with E-state index in [0.29, 0.717) is 12.3 Å². The molecule has 15 unspecified atom stereocenters. The first-order valence-corrected chi connectivity index (χ1v) is 20.1. The number of aromatic nitrogens is 2. The molecule has 3 aliphatic rings. The smallest absolute Gasteiger partial charge is 0.330 e. The van der Waals surface area contributed by atoms with E-state index in [1.54, 1.807) is 6.08 Å². The highest BCUT2D eigenvalue weighted by Crippen LogP contribution is 2.34. The van der Waals surface area contributed by atoms with Gasteiger partial charge in [-0.15, -0.1) is 0 Å². The molecule has 4 rings (SSSR count). The molecule has 0 spiro atoms. The Morgan fingerprint density at radius 2 is 1.41 bits per heavy atom. The van der Waals surface area contributed by atoms with Crippen LogP contribution in [0.3, 0.4) is 0 Å². The van der Waals surface area contributed by atoms with E-state index in [1.165, 1.54) is 31.8 Å². The lowest BCUT2D eigenvalue weighted by atomic mass is 9.91. The maximum Gasteiger partial charge on any atom is 0.330 e. The molecule has 11 N–H and O–H groups in total. The maximum atomic E-state index is 13.1. The predicted molar refractivity (Wildman–Crippen MR) is 202 cm³/mol. The summed E-state index contributed by atoms with van der Waals surface area (Å²) >= 11 is 0. The average molecular weight is 831 g/mol. The Morgan fingerprint density at radius 1 is 0.828 bits per heavy atom. The number of nitrogens with one attached hydrogen (secondary N) is 3. The second-order valence-electron chi connectivity index (χ2n) is 15.8. The molecular weight excluding hydrogens is 768 g/mol. The number of amides is 2. The average Bonchev–Trinajstić information content (AvgIpc) is 3.46. The van der Waals surface area contributed by atoms with Gasteiger partial charge in [0.2, 0.25) is 11.8 Å². The summed E-state index contributed by atoms with van der Waals surface area (Å²) in [5, 5.41) is 91.4. The molecule has 20 nitrogen and oxygen atoms in total. The molecule has 0 aliphatic carbocycles. The molecule has 0 aromatic carbocycles. The summed E-state index contributed by atoms with van der Waals surface area (Å²) < 4.78 is 24.1. The van der Waals surface area contributed by atoms with Gasteiger partial charge in [-0.3, -0.25) is 23.9 Å². The summed E-state index contributed by atoms with van der Waals surface area (Å²) in [6, 6.07) is -2.01. The molecule has 3 aliphatic heterocycles. The molecule has 330 valence electrons. The highest BCUT2D eigenvalue weighted by atomic mass is 16.8. The molecule has 20 heteroatoms. The number of carbonyl (C=O) groups is 2. The van der Waals surface area contributed by atoms with Gasteiger partial charge in [0.15, 0.2) is 18.8 Å². The Hall–Kier alpha value is -3.12. The minimum absolute atomic E-state index is 0.598. The van der Waals surface area contributed by atoms with E-state index < -0.39 is 128 Å². The number of aromatic amines is 1. The van der Waals surface area contributed by atoms with Crippen LogP contribution in [-0.2, 0) is 28.5 Å². The Labute approximate surface area is 335 Å². The van der Waals surface area contributed by atoms with Crippen molar-refractivity contribution in [3.63, 3.8) is 0 Å². The number of H-pyrrole nitrogens is 1. The van der Waals surface area contributed by atoms with E-state index >= 15 is 0 Å². The predicted octanol–water partition coefficient (Wildman–Crippen LogP) is -2.48. The van der Waals surface area contributed by atoms with E-state index in [1.807, 2.05) is 4.98 Å². The number of carbonyl (C=O) groups excluding carboxylic acids is 2. The van der Waals surface area contributed by atoms with Crippen molar-refractivity contribution in [2.24, 2.45) is 5.92 Å². The Morgan fingerprint density at radius 3 is 2.02 bits per heavy atom. The van der Waals surface area contributed by atoms with E-state index in [9.17, 15) is 60.0 Å². The molecule has 2 amide bonds. The molecule has 3 fully saturated rings. The number of aliphatic hydroxyl groups excluding tert-OH is 8. The van der Waals surface area contributed by atoms with Gasteiger partial charge >= 0.3 is 5.69 Å². The number of aliphatic hydroxyl groups is 8. The van der Waals surface area contributed by atoms with Gasteiger partial charge in [0.05, 0.1) is 18.8 Å². The van der Waals surface area contributed by atoms with Crippen LogP contribution in [0.1, 0.15) is 91.2 Å². The first kappa shape index (κ1) is 47.6. The van der Waals surface area contributed by atoms with Crippen molar-refractivity contribution >= 4 is 11.8 Å². The van der Waals surface area contributed by atoms with Gasteiger partial charge in [0.25, 0.3) is 5.56 Å². The largest absolute Gasteiger partial charge is 0.394 e. The van der Waals surface area contributed by atoms with Crippen molar-refractivity contribution in [3.8, 4) is 0 Å². The minimum atomic E-state index is -1.85. The highest BCUT2D eigenvalue weighted by Gasteiger charge is 2.53. The first-order valence-electron chi connectivity index (χ1n) is 20.1. The molecular formula is C38H62N4O16. The molecule has 1 aromatic heterocycles. The van der Waals surface area contributed by atoms with Crippen LogP contribution in [0, 0.1) is 5.92 Å². The SMILES string of the molecule is CC(=O)NC1C(OC2OC(CC(O)C3OC(n4ccc(=O)[nH]c4=O)C(O)C3O)C(O)C(O)C2NC(=O)/C=C/CCCCCCCCCC(C)C)OC(CO)C(O)C1O. The molecule has 0 saturated carbocycles. The zero-order valence-corrected chi connectivity index (χ0v) is 33.1. The van der Waals surface area contributed by atoms with Crippen LogP contribution in [0.25, 0.3) is 0 Å². The highest BCUT2D eigenvalue weighted by molar-refractivity contribution is 5.87. The number of hydrogen-bond donors (Lipinski definition) is 11. The van der Waals surface area contributed by atoms with E-state index in [0.717, 1.165) is 49.4 Å². The lowest BCUT2D eigenvalue weighted by Gasteiger charge is -2.47. The first-order chi connectivity index (χ1) is 27.5. The Balaban J connectivity index is 1.46. The van der Waals surface area contributed by atoms with Gasteiger partial charge in [-0.05, 0) is 24.8 Å². The summed E-state index contributed by atoms with van der Waals surface area (Å²) in [4.78, 5) is 51.1. The second-order valence-corrected chi connectivity index (χ2v) is 15.8. The number of ether oxygens (including phenoxy) is 4. The molecule has 0 bridgehead atoms. The van der Waals surface area contributed by atoms with E-state index in [-0.39, 0.29) is 0 Å². The molecule has 0 radical (unpaired) electrons. The van der Waals surface area contributed by atoms with Crippen LogP contribution < -0.4 is 21.9 Å². The third kappa shape index (κ3) is 12.7. The number of unbranched alkanes of at least 4 members (excludes halogenated alkanes) is 7. The van der Waals surface area contributed by atoms with Crippen LogP contribution >= 0.6 is 0 Å². The van der Waals surface area contributed by atoms with Crippen LogP contribution in [0.15, 0.2) is 34.0 Å². The second kappa shape index (κ2) is 22.5. The van der Waals surface area contributed by atoms with Crippen molar-refractivity contribution < 1.29 is 69.4 Å². The normalized spacial score (nSPS) is 34.7. The molecule has 4 heterocycles. The van der Waals surface area contributed by atoms with Gasteiger partial charge in [0, 0.05) is 25.6 Å². The zero-order valence-electron chi connectivity index (χ0n) is 33.1. The van der Waals surface area contributed by atoms with Gasteiger partial charge < -0.3 is 70.4 Å². The fraction of sp³-hybridized carbons (Fsp3) is 0.789. The summed E-state index contributed by atoms with van der Waals surface area (Å²) in [5.74, 6) is -0.641. The van der Waals surface area contributed by atoms with Gasteiger partial charge in [-0.2, -0.15) is 0 Å². The van der Waals surface area contributed by atoms with Gasteiger partial charge in [0.1, 0.15) is 60.9 Å². The summed E-state index contributed by atoms with van der Waals surface area (Å²) in [7, 11) is 0. The van der Waals surface area contributed by atoms with Crippen molar-refractivity contribution in [1.29, 1.82) is 0 Å². The third-order valence-corrected chi connectivity index (χ3v) is 10.7. The fourth-order valence-corrected chi connectivity index (χ4v) is 7.45. The Bertz CT molecular complexity index is 1590. The van der Waals surface area contributed by atoms with Crippen LogP contribution in [0.5, 0.6) is 0 Å². The summed E-state index contributed by atoms with van der Waals surface area (Å²) in [6.07, 6.45) is -8.97. The summed E-state index contributed by atoms with van der Waals surface area (Å²) in [5.41, 5.74) is -1.68. The number of hydrogen-bond acceptors (Lipinski definition) is 16. The molecule has 15 atom stereocenters. The standard InChI is InChI=1S/C38H62N4O16/c1-19(2)13-11-9-7-5-4-6-8-10-12-14-24(46)40-27-31(51)28(48)22(55-37(27)58-36-26(39-20(3)44)30(50)29(49)23(18-43)56-36)17-21(45)34-32(52)33(53)35(57-34)42-16-15-25(47)41-38(42)54/h12,14-16,19,21-23,26-37,43,45,48-53H,4-11,13,17-18H2,1-3H3,(H,39,44)(H,40,46)(H,41,47,54)/b14-12+. The van der Waals surface area contributed by atoms with Crippen LogP contribution in [0.4, 0.5) is 0 Å².